The van der Waals surface area contributed by atoms with Gasteiger partial charge in [0.1, 0.15) is 6.10 Å². The Balaban J connectivity index is 1.32. The zero-order chi connectivity index (χ0) is 20.1. The van der Waals surface area contributed by atoms with Crippen molar-refractivity contribution in [3.8, 4) is 0 Å². The Morgan fingerprint density at radius 2 is 1.93 bits per heavy atom. The molecule has 0 aliphatic carbocycles. The summed E-state index contributed by atoms with van der Waals surface area (Å²) in [6.07, 6.45) is 3.87. The van der Waals surface area contributed by atoms with E-state index < -0.39 is 0 Å². The van der Waals surface area contributed by atoms with Gasteiger partial charge in [-0.05, 0) is 41.7 Å². The summed E-state index contributed by atoms with van der Waals surface area (Å²) in [6.45, 7) is 1.82. The van der Waals surface area contributed by atoms with Crippen molar-refractivity contribution >= 4 is 17.5 Å². The van der Waals surface area contributed by atoms with Gasteiger partial charge in [0.2, 0.25) is 5.91 Å². The van der Waals surface area contributed by atoms with E-state index in [-0.39, 0.29) is 12.0 Å². The van der Waals surface area contributed by atoms with Gasteiger partial charge in [0, 0.05) is 24.2 Å². The van der Waals surface area contributed by atoms with Gasteiger partial charge in [-0.3, -0.25) is 9.48 Å². The topological polar surface area (TPSA) is 56.1 Å². The Kier molecular flexibility index (Phi) is 6.27. The van der Waals surface area contributed by atoms with Crippen molar-refractivity contribution in [2.75, 3.05) is 13.2 Å². The van der Waals surface area contributed by atoms with Crippen LogP contribution in [0.1, 0.15) is 34.9 Å². The molecular formula is C23H24ClN3O2. The number of nitrogens with zero attached hydrogens (tertiary/aromatic N) is 2. The molecule has 1 atom stereocenters. The Hall–Kier alpha value is -2.63. The minimum Gasteiger partial charge on any atom is -0.370 e. The fourth-order valence-corrected chi connectivity index (χ4v) is 3.67. The molecule has 0 fully saturated rings. The van der Waals surface area contributed by atoms with Crippen molar-refractivity contribution in [3.63, 3.8) is 0 Å². The summed E-state index contributed by atoms with van der Waals surface area (Å²) in [5, 5.41) is 8.43. The predicted octanol–water partition coefficient (Wildman–Crippen LogP) is 3.95. The summed E-state index contributed by atoms with van der Waals surface area (Å²) in [5.41, 5.74) is 4.44. The van der Waals surface area contributed by atoms with Crippen molar-refractivity contribution in [3.05, 3.63) is 88.2 Å². The molecule has 0 saturated heterocycles. The molecular weight excluding hydrogens is 386 g/mol. The van der Waals surface area contributed by atoms with Crippen LogP contribution in [-0.4, -0.2) is 28.8 Å². The zero-order valence-corrected chi connectivity index (χ0v) is 16.9. The van der Waals surface area contributed by atoms with E-state index in [0.29, 0.717) is 31.0 Å². The molecule has 1 aliphatic heterocycles. The van der Waals surface area contributed by atoms with Crippen molar-refractivity contribution in [2.45, 2.75) is 31.9 Å². The van der Waals surface area contributed by atoms with Gasteiger partial charge in [-0.1, -0.05) is 54.1 Å². The van der Waals surface area contributed by atoms with Crippen LogP contribution in [0, 0.1) is 0 Å². The average Bonchev–Trinajstić information content (AvgIpc) is 3.15. The van der Waals surface area contributed by atoms with Crippen LogP contribution in [0.15, 0.2) is 60.8 Å². The van der Waals surface area contributed by atoms with Crippen LogP contribution in [0.4, 0.5) is 0 Å². The maximum Gasteiger partial charge on any atom is 0.220 e. The molecule has 6 heteroatoms. The molecule has 1 amide bonds. The third-order valence-corrected chi connectivity index (χ3v) is 5.34. The highest BCUT2D eigenvalue weighted by atomic mass is 35.5. The molecule has 0 saturated carbocycles. The SMILES string of the molecule is O=C(CCc1ccc(Cl)cc1)NC[C@@H]1OCCc2cn(Cc3ccccc3)nc21. The third kappa shape index (κ3) is 5.25. The van der Waals surface area contributed by atoms with Gasteiger partial charge in [0.05, 0.1) is 18.8 Å². The Bertz CT molecular complexity index is 954. The fourth-order valence-electron chi connectivity index (χ4n) is 3.54. The lowest BCUT2D eigenvalue weighted by Crippen LogP contribution is -2.32. The quantitative estimate of drug-likeness (QED) is 0.642. The molecule has 1 aliphatic rings. The molecule has 5 nitrogen and oxygen atoms in total. The molecule has 150 valence electrons. The zero-order valence-electron chi connectivity index (χ0n) is 16.2. The van der Waals surface area contributed by atoms with Crippen LogP contribution in [0.5, 0.6) is 0 Å². The van der Waals surface area contributed by atoms with E-state index in [4.69, 9.17) is 21.4 Å². The molecule has 0 radical (unpaired) electrons. The predicted molar refractivity (Wildman–Crippen MR) is 113 cm³/mol. The maximum atomic E-state index is 12.3. The fraction of sp³-hybridized carbons (Fsp3) is 0.304. The number of halogens is 1. The van der Waals surface area contributed by atoms with E-state index in [1.54, 1.807) is 0 Å². The summed E-state index contributed by atoms with van der Waals surface area (Å²) in [5.74, 6) is 0.0133. The number of amides is 1. The number of benzene rings is 2. The molecule has 0 unspecified atom stereocenters. The molecule has 1 aromatic heterocycles. The molecule has 1 N–H and O–H groups in total. The molecule has 2 aromatic carbocycles. The van der Waals surface area contributed by atoms with Gasteiger partial charge in [-0.15, -0.1) is 0 Å². The summed E-state index contributed by atoms with van der Waals surface area (Å²) >= 11 is 5.90. The first-order valence-electron chi connectivity index (χ1n) is 9.90. The van der Waals surface area contributed by atoms with Gasteiger partial charge >= 0.3 is 0 Å². The van der Waals surface area contributed by atoms with E-state index in [1.807, 2.05) is 47.1 Å². The number of carbonyl (C=O) groups is 1. The highest BCUT2D eigenvalue weighted by Gasteiger charge is 2.25. The number of rotatable bonds is 7. The smallest absolute Gasteiger partial charge is 0.220 e. The maximum absolute atomic E-state index is 12.3. The Morgan fingerprint density at radius 3 is 2.72 bits per heavy atom. The third-order valence-electron chi connectivity index (χ3n) is 5.09. The number of fused-ring (bicyclic) bond motifs is 1. The molecule has 3 aromatic rings. The molecule has 0 bridgehead atoms. The lowest BCUT2D eigenvalue weighted by atomic mass is 10.1. The van der Waals surface area contributed by atoms with E-state index >= 15 is 0 Å². The number of aromatic nitrogens is 2. The highest BCUT2D eigenvalue weighted by Crippen LogP contribution is 2.25. The standard InChI is InChI=1S/C23H24ClN3O2/c24-20-9-6-17(7-10-20)8-11-22(28)25-14-21-23-19(12-13-29-21)16-27(26-23)15-18-4-2-1-3-5-18/h1-7,9-10,16,21H,8,11-15H2,(H,25,28)/t21-/m0/s1. The minimum atomic E-state index is -0.199. The van der Waals surface area contributed by atoms with Crippen molar-refractivity contribution in [1.29, 1.82) is 0 Å². The van der Waals surface area contributed by atoms with Crippen LogP contribution in [0.25, 0.3) is 0 Å². The van der Waals surface area contributed by atoms with Gasteiger partial charge in [0.15, 0.2) is 0 Å². The number of aryl methyl sites for hydroxylation is 1. The molecule has 29 heavy (non-hydrogen) atoms. The largest absolute Gasteiger partial charge is 0.370 e. The van der Waals surface area contributed by atoms with Crippen molar-refractivity contribution in [2.24, 2.45) is 0 Å². The number of nitrogens with one attached hydrogen (secondary N) is 1. The second-order valence-corrected chi connectivity index (χ2v) is 7.70. The highest BCUT2D eigenvalue weighted by molar-refractivity contribution is 6.30. The van der Waals surface area contributed by atoms with E-state index in [2.05, 4.69) is 23.6 Å². The van der Waals surface area contributed by atoms with Crippen LogP contribution < -0.4 is 5.32 Å². The van der Waals surface area contributed by atoms with Crippen LogP contribution in [0.3, 0.4) is 0 Å². The lowest BCUT2D eigenvalue weighted by molar-refractivity contribution is -0.121. The van der Waals surface area contributed by atoms with E-state index in [0.717, 1.165) is 24.2 Å². The molecule has 2 heterocycles. The van der Waals surface area contributed by atoms with Crippen LogP contribution in [0.2, 0.25) is 5.02 Å². The second-order valence-electron chi connectivity index (χ2n) is 7.26. The summed E-state index contributed by atoms with van der Waals surface area (Å²) in [6, 6.07) is 17.9. The van der Waals surface area contributed by atoms with E-state index in [9.17, 15) is 4.79 Å². The average molecular weight is 410 g/mol. The van der Waals surface area contributed by atoms with Gasteiger partial charge < -0.3 is 10.1 Å². The number of hydrogen-bond acceptors (Lipinski definition) is 3. The Morgan fingerprint density at radius 1 is 1.14 bits per heavy atom. The van der Waals surface area contributed by atoms with Crippen molar-refractivity contribution in [1.82, 2.24) is 15.1 Å². The summed E-state index contributed by atoms with van der Waals surface area (Å²) in [7, 11) is 0. The van der Waals surface area contributed by atoms with Gasteiger partial charge in [-0.2, -0.15) is 5.10 Å². The second kappa shape index (κ2) is 9.25. The van der Waals surface area contributed by atoms with E-state index in [1.165, 1.54) is 11.1 Å². The lowest BCUT2D eigenvalue weighted by Gasteiger charge is -2.22. The van der Waals surface area contributed by atoms with Gasteiger partial charge in [0.25, 0.3) is 0 Å². The Labute approximate surface area is 175 Å². The van der Waals surface area contributed by atoms with Crippen LogP contribution >= 0.6 is 11.6 Å². The number of carbonyl (C=O) groups excluding carboxylic acids is 1. The summed E-state index contributed by atoms with van der Waals surface area (Å²) < 4.78 is 7.85. The number of ether oxygens (including phenoxy) is 1. The number of hydrogen-bond donors (Lipinski definition) is 1. The van der Waals surface area contributed by atoms with Gasteiger partial charge in [-0.25, -0.2) is 0 Å². The monoisotopic (exact) mass is 409 g/mol. The van der Waals surface area contributed by atoms with Crippen molar-refractivity contribution < 1.29 is 9.53 Å². The first-order chi connectivity index (χ1) is 14.2. The molecule has 4 rings (SSSR count). The summed E-state index contributed by atoms with van der Waals surface area (Å²) in [4.78, 5) is 12.3. The normalized spacial score (nSPS) is 15.7. The minimum absolute atomic E-state index is 0.0133. The first kappa shape index (κ1) is 19.7. The first-order valence-corrected chi connectivity index (χ1v) is 10.3. The van der Waals surface area contributed by atoms with Crippen LogP contribution in [-0.2, 0) is 28.9 Å². The molecule has 0 spiro atoms.